The highest BCUT2D eigenvalue weighted by Gasteiger charge is 2.31. The first-order valence-electron chi connectivity index (χ1n) is 11.9. The van der Waals surface area contributed by atoms with Crippen molar-refractivity contribution < 1.29 is 18.0 Å². The van der Waals surface area contributed by atoms with Crippen LogP contribution >= 0.6 is 11.6 Å². The van der Waals surface area contributed by atoms with E-state index in [0.29, 0.717) is 27.7 Å². The fraction of sp³-hybridized carbons (Fsp3) is 0.107. The Kier molecular flexibility index (Phi) is 7.22. The summed E-state index contributed by atoms with van der Waals surface area (Å²) in [5, 5.41) is 6.01. The highest BCUT2D eigenvalue weighted by Crippen LogP contribution is 2.33. The minimum Gasteiger partial charge on any atom is -0.324 e. The predicted octanol–water partition coefficient (Wildman–Crippen LogP) is 7.01. The third-order valence-corrected chi connectivity index (χ3v) is 6.21. The molecule has 202 valence electrons. The Bertz CT molecular complexity index is 1700. The fourth-order valence-electron chi connectivity index (χ4n) is 3.91. The van der Waals surface area contributed by atoms with Crippen LogP contribution in [0.5, 0.6) is 0 Å². The van der Waals surface area contributed by atoms with E-state index in [1.54, 1.807) is 49.8 Å². The standard InChI is InChI=1S/C28H21ClF3N7O/c1-16-5-6-18(8-24(16)37-27-34-13-23(29)25(38-27)19-4-3-7-33-12-19)26(40)36-21-9-20(28(30,31)32)10-22(11-21)39-14-17(2)35-15-39/h3-15H,1-2H3,(H,36,40)(H,34,37,38). The summed E-state index contributed by atoms with van der Waals surface area (Å²) in [5.41, 5.74) is 2.65. The molecule has 0 saturated carbocycles. The smallest absolute Gasteiger partial charge is 0.324 e. The molecule has 5 aromatic rings. The van der Waals surface area contributed by atoms with Gasteiger partial charge in [0.1, 0.15) is 0 Å². The lowest BCUT2D eigenvalue weighted by atomic mass is 10.1. The fourth-order valence-corrected chi connectivity index (χ4v) is 4.11. The molecular weight excluding hydrogens is 543 g/mol. The molecule has 0 fully saturated rings. The number of amides is 1. The van der Waals surface area contributed by atoms with Crippen molar-refractivity contribution in [1.29, 1.82) is 0 Å². The normalized spacial score (nSPS) is 11.3. The molecule has 0 unspecified atom stereocenters. The van der Waals surface area contributed by atoms with E-state index >= 15 is 0 Å². The van der Waals surface area contributed by atoms with Crippen LogP contribution in [0, 0.1) is 13.8 Å². The van der Waals surface area contributed by atoms with Gasteiger partial charge in [0.2, 0.25) is 5.95 Å². The number of anilines is 3. The monoisotopic (exact) mass is 563 g/mol. The van der Waals surface area contributed by atoms with E-state index in [9.17, 15) is 18.0 Å². The first kappa shape index (κ1) is 26.8. The van der Waals surface area contributed by atoms with E-state index in [2.05, 4.69) is 30.6 Å². The number of benzene rings is 2. The number of rotatable bonds is 6. The zero-order valence-corrected chi connectivity index (χ0v) is 21.9. The quantitative estimate of drug-likeness (QED) is 0.231. The van der Waals surface area contributed by atoms with Gasteiger partial charge in [0, 0.05) is 46.8 Å². The van der Waals surface area contributed by atoms with Crippen LogP contribution < -0.4 is 10.6 Å². The van der Waals surface area contributed by atoms with Crippen LogP contribution in [-0.4, -0.2) is 30.4 Å². The van der Waals surface area contributed by atoms with Crippen LogP contribution in [0.2, 0.25) is 5.02 Å². The number of halogens is 4. The minimum absolute atomic E-state index is 0.0154. The third-order valence-electron chi connectivity index (χ3n) is 5.94. The summed E-state index contributed by atoms with van der Waals surface area (Å²) in [4.78, 5) is 30.0. The topological polar surface area (TPSA) is 97.6 Å². The maximum Gasteiger partial charge on any atom is 0.416 e. The van der Waals surface area contributed by atoms with E-state index in [4.69, 9.17) is 11.6 Å². The molecule has 8 nitrogen and oxygen atoms in total. The van der Waals surface area contributed by atoms with Crippen LogP contribution in [0.15, 0.2) is 79.6 Å². The number of carbonyl (C=O) groups is 1. The van der Waals surface area contributed by atoms with Crippen LogP contribution in [0.3, 0.4) is 0 Å². The summed E-state index contributed by atoms with van der Waals surface area (Å²) in [6.45, 7) is 3.55. The van der Waals surface area contributed by atoms with Gasteiger partial charge in [-0.1, -0.05) is 17.7 Å². The van der Waals surface area contributed by atoms with Gasteiger partial charge in [-0.3, -0.25) is 9.78 Å². The lowest BCUT2D eigenvalue weighted by Gasteiger charge is -2.15. The summed E-state index contributed by atoms with van der Waals surface area (Å²) in [6, 6.07) is 11.8. The van der Waals surface area contributed by atoms with Crippen molar-refractivity contribution in [2.24, 2.45) is 0 Å². The van der Waals surface area contributed by atoms with Crippen molar-refractivity contribution in [3.8, 4) is 16.9 Å². The highest BCUT2D eigenvalue weighted by molar-refractivity contribution is 6.32. The number of nitrogens with zero attached hydrogens (tertiary/aromatic N) is 5. The first-order chi connectivity index (χ1) is 19.1. The summed E-state index contributed by atoms with van der Waals surface area (Å²) < 4.78 is 42.3. The summed E-state index contributed by atoms with van der Waals surface area (Å²) in [5.74, 6) is -0.356. The van der Waals surface area contributed by atoms with E-state index in [1.807, 2.05) is 13.0 Å². The maximum atomic E-state index is 13.6. The summed E-state index contributed by atoms with van der Waals surface area (Å²) in [6.07, 6.45) is 3.11. The van der Waals surface area contributed by atoms with Crippen molar-refractivity contribution in [1.82, 2.24) is 24.5 Å². The van der Waals surface area contributed by atoms with Crippen LogP contribution in [0.1, 0.15) is 27.2 Å². The number of aromatic nitrogens is 5. The van der Waals surface area contributed by atoms with Crippen molar-refractivity contribution in [2.45, 2.75) is 20.0 Å². The van der Waals surface area contributed by atoms with E-state index in [0.717, 1.165) is 17.7 Å². The number of hydrogen-bond acceptors (Lipinski definition) is 6. The number of aryl methyl sites for hydroxylation is 2. The number of nitrogens with one attached hydrogen (secondary N) is 2. The van der Waals surface area contributed by atoms with Gasteiger partial charge in [0.05, 0.1) is 34.5 Å². The molecule has 40 heavy (non-hydrogen) atoms. The van der Waals surface area contributed by atoms with Gasteiger partial charge in [-0.15, -0.1) is 0 Å². The molecule has 0 radical (unpaired) electrons. The third kappa shape index (κ3) is 5.94. The van der Waals surface area contributed by atoms with Gasteiger partial charge in [-0.25, -0.2) is 15.0 Å². The predicted molar refractivity (Wildman–Crippen MR) is 146 cm³/mol. The molecule has 0 saturated heterocycles. The molecule has 3 heterocycles. The highest BCUT2D eigenvalue weighted by atomic mass is 35.5. The molecule has 12 heteroatoms. The zero-order chi connectivity index (χ0) is 28.4. The molecule has 0 aliphatic heterocycles. The maximum absolute atomic E-state index is 13.6. The molecule has 0 bridgehead atoms. The van der Waals surface area contributed by atoms with Gasteiger partial charge >= 0.3 is 6.18 Å². The molecule has 1 amide bonds. The van der Waals surface area contributed by atoms with E-state index in [1.165, 1.54) is 23.2 Å². The van der Waals surface area contributed by atoms with Gasteiger partial charge in [0.25, 0.3) is 5.91 Å². The Morgan fingerprint density at radius 2 is 1.85 bits per heavy atom. The Labute approximate surface area is 231 Å². The minimum atomic E-state index is -4.61. The summed E-state index contributed by atoms with van der Waals surface area (Å²) in [7, 11) is 0. The Balaban J connectivity index is 1.42. The van der Waals surface area contributed by atoms with Crippen molar-refractivity contribution in [3.05, 3.63) is 107 Å². The number of imidazole rings is 1. The van der Waals surface area contributed by atoms with Crippen LogP contribution in [-0.2, 0) is 6.18 Å². The Hall–Kier alpha value is -4.77. The molecule has 5 rings (SSSR count). The second kappa shape index (κ2) is 10.8. The van der Waals surface area contributed by atoms with Gasteiger partial charge in [-0.05, 0) is 61.9 Å². The van der Waals surface area contributed by atoms with Gasteiger partial charge < -0.3 is 15.2 Å². The average molecular weight is 564 g/mol. The SMILES string of the molecule is Cc1cn(-c2cc(NC(=O)c3ccc(C)c(Nc4ncc(Cl)c(-c5cccnc5)n4)c3)cc(C(F)(F)F)c2)cn1. The average Bonchev–Trinajstić information content (AvgIpc) is 3.37. The van der Waals surface area contributed by atoms with Crippen LogP contribution in [0.25, 0.3) is 16.9 Å². The molecule has 2 N–H and O–H groups in total. The molecule has 0 aliphatic carbocycles. The van der Waals surface area contributed by atoms with Crippen molar-refractivity contribution in [3.63, 3.8) is 0 Å². The molecule has 2 aromatic carbocycles. The first-order valence-corrected chi connectivity index (χ1v) is 12.3. The number of hydrogen-bond donors (Lipinski definition) is 2. The molecule has 0 spiro atoms. The van der Waals surface area contributed by atoms with Gasteiger partial charge in [0.15, 0.2) is 0 Å². The summed E-state index contributed by atoms with van der Waals surface area (Å²) >= 11 is 6.29. The Morgan fingerprint density at radius 1 is 1.02 bits per heavy atom. The number of alkyl halides is 3. The Morgan fingerprint density at radius 3 is 2.55 bits per heavy atom. The van der Waals surface area contributed by atoms with Crippen molar-refractivity contribution >= 4 is 34.8 Å². The lowest BCUT2D eigenvalue weighted by molar-refractivity contribution is -0.137. The van der Waals surface area contributed by atoms with E-state index in [-0.39, 0.29) is 22.9 Å². The second-order valence-electron chi connectivity index (χ2n) is 8.93. The number of carbonyl (C=O) groups excluding carboxylic acids is 1. The second-order valence-corrected chi connectivity index (χ2v) is 9.34. The molecular formula is C28H21ClF3N7O. The van der Waals surface area contributed by atoms with Gasteiger partial charge in [-0.2, -0.15) is 13.2 Å². The molecule has 0 atom stereocenters. The largest absolute Gasteiger partial charge is 0.416 e. The van der Waals surface area contributed by atoms with Crippen molar-refractivity contribution in [2.75, 3.05) is 10.6 Å². The lowest BCUT2D eigenvalue weighted by Crippen LogP contribution is -2.14. The van der Waals surface area contributed by atoms with E-state index < -0.39 is 17.6 Å². The zero-order valence-electron chi connectivity index (χ0n) is 21.2. The molecule has 0 aliphatic rings. The molecule has 3 aromatic heterocycles. The number of pyridine rings is 1. The van der Waals surface area contributed by atoms with Crippen LogP contribution in [0.4, 0.5) is 30.5 Å².